The third kappa shape index (κ3) is 2.17. The number of aromatic nitrogens is 2. The number of H-pyrrole nitrogens is 1. The molecule has 3 N–H and O–H groups in total. The van der Waals surface area contributed by atoms with Gasteiger partial charge in [0.25, 0.3) is 5.56 Å². The molecule has 0 spiro atoms. The summed E-state index contributed by atoms with van der Waals surface area (Å²) in [6.45, 7) is 4.46. The van der Waals surface area contributed by atoms with E-state index >= 15 is 0 Å². The van der Waals surface area contributed by atoms with Gasteiger partial charge in [0.15, 0.2) is 0 Å². The molecule has 1 aromatic heterocycles. The first-order valence-electron chi connectivity index (χ1n) is 5.71. The van der Waals surface area contributed by atoms with Gasteiger partial charge in [-0.15, -0.1) is 0 Å². The molecule has 0 radical (unpaired) electrons. The smallest absolute Gasteiger partial charge is 0.267 e. The normalized spacial score (nSPS) is 10.8. The fraction of sp³-hybridized carbons (Fsp3) is 0.308. The SMILES string of the molecule is Cc1ccc(-n2[nH]c(=O)c(CCN)c2C)cc1. The highest BCUT2D eigenvalue weighted by Gasteiger charge is 2.10. The number of aromatic amines is 1. The molecule has 0 bridgehead atoms. The number of hydrogen-bond acceptors (Lipinski definition) is 2. The first-order valence-corrected chi connectivity index (χ1v) is 5.71. The summed E-state index contributed by atoms with van der Waals surface area (Å²) >= 11 is 0. The molecule has 17 heavy (non-hydrogen) atoms. The van der Waals surface area contributed by atoms with E-state index in [2.05, 4.69) is 5.10 Å². The average molecular weight is 231 g/mol. The minimum absolute atomic E-state index is 0.0477. The number of nitrogens with zero attached hydrogens (tertiary/aromatic N) is 1. The molecule has 1 aromatic carbocycles. The first kappa shape index (κ1) is 11.7. The van der Waals surface area contributed by atoms with E-state index < -0.39 is 0 Å². The number of benzene rings is 1. The predicted octanol–water partition coefficient (Wildman–Crippen LogP) is 1.28. The van der Waals surface area contributed by atoms with Crippen LogP contribution in [0.3, 0.4) is 0 Å². The molecule has 90 valence electrons. The van der Waals surface area contributed by atoms with Gasteiger partial charge < -0.3 is 5.73 Å². The number of aryl methyl sites for hydroxylation is 1. The zero-order valence-corrected chi connectivity index (χ0v) is 10.2. The van der Waals surface area contributed by atoms with Gasteiger partial charge in [0.2, 0.25) is 0 Å². The zero-order valence-electron chi connectivity index (χ0n) is 10.2. The van der Waals surface area contributed by atoms with Crippen LogP contribution in [0.4, 0.5) is 0 Å². The maximum atomic E-state index is 11.8. The fourth-order valence-electron chi connectivity index (χ4n) is 1.94. The van der Waals surface area contributed by atoms with Crippen LogP contribution in [0.5, 0.6) is 0 Å². The molecule has 0 saturated heterocycles. The average Bonchev–Trinajstić information content (AvgIpc) is 2.59. The summed E-state index contributed by atoms with van der Waals surface area (Å²) in [7, 11) is 0. The van der Waals surface area contributed by atoms with Gasteiger partial charge in [0.1, 0.15) is 0 Å². The lowest BCUT2D eigenvalue weighted by atomic mass is 10.2. The van der Waals surface area contributed by atoms with Crippen LogP contribution >= 0.6 is 0 Å². The molecule has 0 aliphatic rings. The van der Waals surface area contributed by atoms with Gasteiger partial charge in [0.05, 0.1) is 5.69 Å². The number of hydrogen-bond donors (Lipinski definition) is 2. The van der Waals surface area contributed by atoms with Gasteiger partial charge in [-0.05, 0) is 38.9 Å². The molecule has 4 nitrogen and oxygen atoms in total. The third-order valence-electron chi connectivity index (χ3n) is 2.95. The second-order valence-electron chi connectivity index (χ2n) is 4.21. The summed E-state index contributed by atoms with van der Waals surface area (Å²) in [4.78, 5) is 11.8. The van der Waals surface area contributed by atoms with Crippen molar-refractivity contribution < 1.29 is 0 Å². The Morgan fingerprint density at radius 2 is 1.88 bits per heavy atom. The van der Waals surface area contributed by atoms with E-state index in [0.29, 0.717) is 13.0 Å². The van der Waals surface area contributed by atoms with Crippen LogP contribution in [0.1, 0.15) is 16.8 Å². The van der Waals surface area contributed by atoms with E-state index in [1.165, 1.54) is 5.56 Å². The monoisotopic (exact) mass is 231 g/mol. The highest BCUT2D eigenvalue weighted by molar-refractivity contribution is 5.36. The highest BCUT2D eigenvalue weighted by atomic mass is 16.1. The van der Waals surface area contributed by atoms with Gasteiger partial charge in [-0.1, -0.05) is 17.7 Å². The van der Waals surface area contributed by atoms with Crippen molar-refractivity contribution in [2.45, 2.75) is 20.3 Å². The first-order chi connectivity index (χ1) is 8.13. The maximum Gasteiger partial charge on any atom is 0.267 e. The summed E-state index contributed by atoms with van der Waals surface area (Å²) in [5.74, 6) is 0. The summed E-state index contributed by atoms with van der Waals surface area (Å²) in [6.07, 6.45) is 0.611. The Kier molecular flexibility index (Phi) is 3.15. The molecule has 0 aliphatic heterocycles. The van der Waals surface area contributed by atoms with E-state index in [1.54, 1.807) is 0 Å². The van der Waals surface area contributed by atoms with Crippen molar-refractivity contribution in [3.8, 4) is 5.69 Å². The van der Waals surface area contributed by atoms with Crippen LogP contribution in [0.25, 0.3) is 5.69 Å². The van der Waals surface area contributed by atoms with Gasteiger partial charge in [-0.25, -0.2) is 0 Å². The second-order valence-corrected chi connectivity index (χ2v) is 4.21. The topological polar surface area (TPSA) is 63.8 Å². The summed E-state index contributed by atoms with van der Waals surface area (Å²) in [6, 6.07) is 8.03. The minimum Gasteiger partial charge on any atom is -0.330 e. The quantitative estimate of drug-likeness (QED) is 0.836. The van der Waals surface area contributed by atoms with Crippen LogP contribution in [-0.2, 0) is 6.42 Å². The molecule has 0 atom stereocenters. The number of nitrogens with one attached hydrogen (secondary N) is 1. The molecule has 2 aromatic rings. The molecule has 0 saturated carbocycles. The second kappa shape index (κ2) is 4.59. The van der Waals surface area contributed by atoms with Gasteiger partial charge in [-0.2, -0.15) is 0 Å². The zero-order chi connectivity index (χ0) is 12.4. The van der Waals surface area contributed by atoms with Crippen LogP contribution in [0.15, 0.2) is 29.1 Å². The van der Waals surface area contributed by atoms with E-state index in [9.17, 15) is 4.79 Å². The Bertz CT molecular complexity index is 563. The van der Waals surface area contributed by atoms with Crippen molar-refractivity contribution in [2.75, 3.05) is 6.54 Å². The number of nitrogens with two attached hydrogens (primary N) is 1. The van der Waals surface area contributed by atoms with Crippen LogP contribution < -0.4 is 11.3 Å². The van der Waals surface area contributed by atoms with Crippen molar-refractivity contribution in [1.29, 1.82) is 0 Å². The molecule has 2 rings (SSSR count). The molecule has 0 fully saturated rings. The summed E-state index contributed by atoms with van der Waals surface area (Å²) in [5.41, 5.74) is 9.33. The lowest BCUT2D eigenvalue weighted by molar-refractivity contribution is 0.832. The van der Waals surface area contributed by atoms with Gasteiger partial charge in [-0.3, -0.25) is 14.6 Å². The maximum absolute atomic E-state index is 11.8. The predicted molar refractivity (Wildman–Crippen MR) is 68.6 cm³/mol. The molecule has 0 aliphatic carbocycles. The summed E-state index contributed by atoms with van der Waals surface area (Å²) < 4.78 is 1.81. The van der Waals surface area contributed by atoms with E-state index in [1.807, 2.05) is 42.8 Å². The van der Waals surface area contributed by atoms with Crippen molar-refractivity contribution in [3.63, 3.8) is 0 Å². The van der Waals surface area contributed by atoms with E-state index in [-0.39, 0.29) is 5.56 Å². The lowest BCUT2D eigenvalue weighted by Gasteiger charge is -2.06. The van der Waals surface area contributed by atoms with Crippen molar-refractivity contribution in [3.05, 3.63) is 51.4 Å². The Labute approximate surface area is 100 Å². The van der Waals surface area contributed by atoms with Crippen LogP contribution in [-0.4, -0.2) is 16.3 Å². The molecule has 0 unspecified atom stereocenters. The van der Waals surface area contributed by atoms with Gasteiger partial charge in [0, 0.05) is 11.3 Å². The lowest BCUT2D eigenvalue weighted by Crippen LogP contribution is -2.12. The molecular weight excluding hydrogens is 214 g/mol. The van der Waals surface area contributed by atoms with E-state index in [0.717, 1.165) is 16.9 Å². The fourth-order valence-corrected chi connectivity index (χ4v) is 1.94. The standard InChI is InChI=1S/C13H17N3O/c1-9-3-5-11(6-4-9)16-10(2)12(7-8-14)13(17)15-16/h3-6H,7-8,14H2,1-2H3,(H,15,17). The Morgan fingerprint density at radius 1 is 1.24 bits per heavy atom. The molecule has 4 heteroatoms. The largest absolute Gasteiger partial charge is 0.330 e. The molecule has 1 heterocycles. The summed E-state index contributed by atoms with van der Waals surface area (Å²) in [5, 5.41) is 2.84. The van der Waals surface area contributed by atoms with Crippen LogP contribution in [0, 0.1) is 13.8 Å². The van der Waals surface area contributed by atoms with E-state index in [4.69, 9.17) is 5.73 Å². The minimum atomic E-state index is -0.0477. The Morgan fingerprint density at radius 3 is 2.47 bits per heavy atom. The Balaban J connectivity index is 2.50. The van der Waals surface area contributed by atoms with Crippen LogP contribution in [0.2, 0.25) is 0 Å². The van der Waals surface area contributed by atoms with Crippen molar-refractivity contribution >= 4 is 0 Å². The van der Waals surface area contributed by atoms with Crippen molar-refractivity contribution in [2.24, 2.45) is 5.73 Å². The molecular formula is C13H17N3O. The molecule has 0 amide bonds. The third-order valence-corrected chi connectivity index (χ3v) is 2.95. The van der Waals surface area contributed by atoms with Crippen molar-refractivity contribution in [1.82, 2.24) is 9.78 Å². The Hall–Kier alpha value is -1.81. The highest BCUT2D eigenvalue weighted by Crippen LogP contribution is 2.12. The number of rotatable bonds is 3. The van der Waals surface area contributed by atoms with Gasteiger partial charge >= 0.3 is 0 Å².